The van der Waals surface area contributed by atoms with Crippen LogP contribution in [0.4, 0.5) is 10.5 Å². The van der Waals surface area contributed by atoms with Crippen LogP contribution in [0.25, 0.3) is 0 Å². The average Bonchev–Trinajstić information content (AvgIpc) is 2.93. The van der Waals surface area contributed by atoms with Gasteiger partial charge in [-0.2, -0.15) is 4.80 Å². The molecular formula is C13H16ClN7O3. The minimum absolute atomic E-state index is 0.0568. The minimum Gasteiger partial charge on any atom is -0.480 e. The van der Waals surface area contributed by atoms with Crippen molar-refractivity contribution in [1.82, 2.24) is 30.4 Å². The SMILES string of the molecule is Cn1nnc(CN(Cc2ccc(N)c(Cl)c2)C(=O)NCC(=O)O)n1. The van der Waals surface area contributed by atoms with Crippen molar-refractivity contribution in [2.75, 3.05) is 12.3 Å². The molecule has 0 atom stereocenters. The van der Waals surface area contributed by atoms with E-state index in [0.717, 1.165) is 5.56 Å². The average molecular weight is 354 g/mol. The van der Waals surface area contributed by atoms with Crippen molar-refractivity contribution < 1.29 is 14.7 Å². The predicted molar refractivity (Wildman–Crippen MR) is 84.9 cm³/mol. The number of halogens is 1. The molecule has 0 bridgehead atoms. The van der Waals surface area contributed by atoms with Crippen LogP contribution in [0.3, 0.4) is 0 Å². The Morgan fingerprint density at radius 1 is 1.42 bits per heavy atom. The van der Waals surface area contributed by atoms with Crippen molar-refractivity contribution in [2.45, 2.75) is 13.1 Å². The summed E-state index contributed by atoms with van der Waals surface area (Å²) in [6, 6.07) is 4.42. The van der Waals surface area contributed by atoms with Gasteiger partial charge < -0.3 is 21.1 Å². The first-order valence-electron chi connectivity index (χ1n) is 6.86. The van der Waals surface area contributed by atoms with E-state index in [1.807, 2.05) is 0 Å². The van der Waals surface area contributed by atoms with Gasteiger partial charge in [0.25, 0.3) is 0 Å². The van der Waals surface area contributed by atoms with Crippen LogP contribution in [0.1, 0.15) is 11.4 Å². The molecule has 1 aromatic heterocycles. The molecule has 0 aliphatic heterocycles. The van der Waals surface area contributed by atoms with Crippen LogP contribution in [-0.2, 0) is 24.9 Å². The number of anilines is 1. The summed E-state index contributed by atoms with van der Waals surface area (Å²) in [6.07, 6.45) is 0. The first-order chi connectivity index (χ1) is 11.3. The number of benzene rings is 1. The molecule has 0 spiro atoms. The minimum atomic E-state index is -1.14. The molecule has 0 fully saturated rings. The molecule has 0 saturated carbocycles. The highest BCUT2D eigenvalue weighted by molar-refractivity contribution is 6.33. The van der Waals surface area contributed by atoms with Gasteiger partial charge in [0, 0.05) is 6.54 Å². The lowest BCUT2D eigenvalue weighted by molar-refractivity contribution is -0.135. The third-order valence-corrected chi connectivity index (χ3v) is 3.33. The molecule has 2 amide bonds. The van der Waals surface area contributed by atoms with Crippen molar-refractivity contribution >= 4 is 29.3 Å². The molecule has 1 aromatic carbocycles. The predicted octanol–water partition coefficient (Wildman–Crippen LogP) is 0.242. The van der Waals surface area contributed by atoms with Crippen LogP contribution < -0.4 is 11.1 Å². The summed E-state index contributed by atoms with van der Waals surface area (Å²) in [7, 11) is 1.60. The molecule has 0 unspecified atom stereocenters. The monoisotopic (exact) mass is 353 g/mol. The number of nitrogens with zero attached hydrogens (tertiary/aromatic N) is 5. The maximum absolute atomic E-state index is 12.2. The number of nitrogen functional groups attached to an aromatic ring is 1. The van der Waals surface area contributed by atoms with Gasteiger partial charge in [0.05, 0.1) is 24.3 Å². The number of carbonyl (C=O) groups is 2. The summed E-state index contributed by atoms with van der Waals surface area (Å²) in [5.74, 6) is -0.819. The van der Waals surface area contributed by atoms with E-state index in [-0.39, 0.29) is 13.1 Å². The molecule has 2 aromatic rings. The molecule has 0 aliphatic rings. The molecule has 10 nitrogen and oxygen atoms in total. The highest BCUT2D eigenvalue weighted by Gasteiger charge is 2.18. The number of aryl methyl sites for hydroxylation is 1. The molecule has 0 saturated heterocycles. The summed E-state index contributed by atoms with van der Waals surface area (Å²) >= 11 is 5.98. The summed E-state index contributed by atoms with van der Waals surface area (Å²) in [5.41, 5.74) is 6.82. The highest BCUT2D eigenvalue weighted by Crippen LogP contribution is 2.21. The Kier molecular flexibility index (Phi) is 5.53. The second-order valence-corrected chi connectivity index (χ2v) is 5.37. The molecule has 0 radical (unpaired) electrons. The van der Waals surface area contributed by atoms with Gasteiger partial charge >= 0.3 is 12.0 Å². The van der Waals surface area contributed by atoms with Crippen LogP contribution in [0.5, 0.6) is 0 Å². The third-order valence-electron chi connectivity index (χ3n) is 3.00. The first-order valence-corrected chi connectivity index (χ1v) is 7.24. The van der Waals surface area contributed by atoms with Gasteiger partial charge in [-0.25, -0.2) is 4.79 Å². The number of rotatable bonds is 6. The number of amides is 2. The Labute approximate surface area is 142 Å². The van der Waals surface area contributed by atoms with Gasteiger partial charge in [-0.15, -0.1) is 10.2 Å². The van der Waals surface area contributed by atoms with Crippen molar-refractivity contribution in [2.24, 2.45) is 7.05 Å². The maximum atomic E-state index is 12.2. The lowest BCUT2D eigenvalue weighted by Gasteiger charge is -2.21. The zero-order chi connectivity index (χ0) is 17.7. The highest BCUT2D eigenvalue weighted by atomic mass is 35.5. The number of aliphatic carboxylic acids is 1. The Morgan fingerprint density at radius 2 is 2.17 bits per heavy atom. The van der Waals surface area contributed by atoms with Gasteiger partial charge in [-0.05, 0) is 22.9 Å². The van der Waals surface area contributed by atoms with Crippen molar-refractivity contribution in [3.8, 4) is 0 Å². The maximum Gasteiger partial charge on any atom is 0.323 e. The van der Waals surface area contributed by atoms with Crippen molar-refractivity contribution in [3.05, 3.63) is 34.6 Å². The molecule has 24 heavy (non-hydrogen) atoms. The van der Waals surface area contributed by atoms with Crippen LogP contribution in [0, 0.1) is 0 Å². The second kappa shape index (κ2) is 7.59. The van der Waals surface area contributed by atoms with Crippen LogP contribution in [-0.4, -0.2) is 48.8 Å². The molecule has 1 heterocycles. The summed E-state index contributed by atoms with van der Waals surface area (Å²) < 4.78 is 0. The number of aromatic nitrogens is 4. The van der Waals surface area contributed by atoms with E-state index in [4.69, 9.17) is 22.4 Å². The van der Waals surface area contributed by atoms with E-state index in [2.05, 4.69) is 20.7 Å². The molecule has 0 aliphatic carbocycles. The van der Waals surface area contributed by atoms with Crippen LogP contribution in [0.2, 0.25) is 5.02 Å². The van der Waals surface area contributed by atoms with Gasteiger partial charge in [0.1, 0.15) is 6.54 Å². The van der Waals surface area contributed by atoms with Crippen LogP contribution >= 0.6 is 11.6 Å². The van der Waals surface area contributed by atoms with E-state index < -0.39 is 18.5 Å². The normalized spacial score (nSPS) is 10.4. The molecular weight excluding hydrogens is 338 g/mol. The van der Waals surface area contributed by atoms with Gasteiger partial charge in [0.15, 0.2) is 5.82 Å². The Morgan fingerprint density at radius 3 is 2.75 bits per heavy atom. The van der Waals surface area contributed by atoms with Gasteiger partial charge in [-0.1, -0.05) is 17.7 Å². The van der Waals surface area contributed by atoms with E-state index >= 15 is 0 Å². The number of carboxylic acids is 1. The number of nitrogens with two attached hydrogens (primary N) is 1. The van der Waals surface area contributed by atoms with Crippen LogP contribution in [0.15, 0.2) is 18.2 Å². The summed E-state index contributed by atoms with van der Waals surface area (Å²) in [4.78, 5) is 25.5. The zero-order valence-electron chi connectivity index (χ0n) is 12.8. The van der Waals surface area contributed by atoms with E-state index in [0.29, 0.717) is 16.5 Å². The standard InChI is InChI=1S/C13H16ClN7O3/c1-20-18-11(17-19-20)7-21(13(24)16-5-12(22)23)6-8-2-3-10(15)9(14)4-8/h2-4H,5-7,15H2,1H3,(H,16,24)(H,22,23). The lowest BCUT2D eigenvalue weighted by Crippen LogP contribution is -2.41. The number of nitrogens with one attached hydrogen (secondary N) is 1. The fourth-order valence-electron chi connectivity index (χ4n) is 1.91. The molecule has 128 valence electrons. The second-order valence-electron chi connectivity index (χ2n) is 4.96. The van der Waals surface area contributed by atoms with E-state index in [9.17, 15) is 9.59 Å². The van der Waals surface area contributed by atoms with Gasteiger partial charge in [0.2, 0.25) is 0 Å². The Hall–Kier alpha value is -2.88. The summed E-state index contributed by atoms with van der Waals surface area (Å²) in [6.45, 7) is -0.267. The third kappa shape index (κ3) is 4.81. The molecule has 11 heteroatoms. The number of hydrogen-bond acceptors (Lipinski definition) is 6. The van der Waals surface area contributed by atoms with E-state index in [1.54, 1.807) is 25.2 Å². The Balaban J connectivity index is 2.15. The number of carboxylic acid groups (broad SMARTS) is 1. The lowest BCUT2D eigenvalue weighted by atomic mass is 10.2. The fourth-order valence-corrected chi connectivity index (χ4v) is 2.11. The number of hydrogen-bond donors (Lipinski definition) is 3. The topological polar surface area (TPSA) is 139 Å². The quantitative estimate of drug-likeness (QED) is 0.632. The number of tetrazole rings is 1. The van der Waals surface area contributed by atoms with E-state index in [1.165, 1.54) is 9.70 Å². The first kappa shape index (κ1) is 17.5. The fraction of sp³-hybridized carbons (Fsp3) is 0.308. The summed E-state index contributed by atoms with van der Waals surface area (Å²) in [5, 5.41) is 22.9. The largest absolute Gasteiger partial charge is 0.480 e. The molecule has 4 N–H and O–H groups in total. The smallest absolute Gasteiger partial charge is 0.323 e. The van der Waals surface area contributed by atoms with Crippen molar-refractivity contribution in [1.29, 1.82) is 0 Å². The zero-order valence-corrected chi connectivity index (χ0v) is 13.6. The Bertz CT molecular complexity index is 749. The van der Waals surface area contributed by atoms with Crippen molar-refractivity contribution in [3.63, 3.8) is 0 Å². The van der Waals surface area contributed by atoms with Gasteiger partial charge in [-0.3, -0.25) is 4.79 Å². The molecule has 2 rings (SSSR count). The number of urea groups is 1. The number of carbonyl (C=O) groups excluding carboxylic acids is 1.